The first-order valence-corrected chi connectivity index (χ1v) is 9.68. The van der Waals surface area contributed by atoms with E-state index in [1.165, 1.54) is 0 Å². The van der Waals surface area contributed by atoms with Crippen molar-refractivity contribution in [3.63, 3.8) is 0 Å². The van der Waals surface area contributed by atoms with E-state index >= 15 is 0 Å². The molecule has 0 heterocycles. The van der Waals surface area contributed by atoms with Crippen LogP contribution in [0.15, 0.2) is 24.3 Å². The third-order valence-electron chi connectivity index (χ3n) is 2.91. The molecule has 8 heteroatoms. The molecule has 0 spiro atoms. The van der Waals surface area contributed by atoms with Crippen LogP contribution in [0.3, 0.4) is 0 Å². The average Bonchev–Trinajstić information content (AvgIpc) is 2.49. The fraction of sp³-hybridized carbons (Fsp3) is 0.562. The summed E-state index contributed by atoms with van der Waals surface area (Å²) in [7, 11) is -3.34. The van der Waals surface area contributed by atoms with Gasteiger partial charge in [-0.1, -0.05) is 26.0 Å². The Bertz CT molecular complexity index is 612. The fourth-order valence-corrected chi connectivity index (χ4v) is 2.06. The minimum atomic E-state index is -3.34. The lowest BCUT2D eigenvalue weighted by atomic mass is 10.1. The highest BCUT2D eigenvalue weighted by atomic mass is 32.2. The Morgan fingerprint density at radius 2 is 1.88 bits per heavy atom. The summed E-state index contributed by atoms with van der Waals surface area (Å²) in [6.45, 7) is 4.60. The number of nitrogens with one attached hydrogen (secondary N) is 1. The van der Waals surface area contributed by atoms with Crippen LogP contribution in [0.2, 0.25) is 0 Å². The normalized spacial score (nSPS) is 12.9. The molecule has 136 valence electrons. The smallest absolute Gasteiger partial charge is 0.311 e. The van der Waals surface area contributed by atoms with Crippen molar-refractivity contribution in [2.24, 2.45) is 0 Å². The van der Waals surface area contributed by atoms with E-state index in [0.29, 0.717) is 23.9 Å². The SMILES string of the molecule is CC(C)NCC(O)COc1ccc(CC(=O)OCS(C)(=O)=O)cc1. The van der Waals surface area contributed by atoms with E-state index in [-0.39, 0.29) is 13.0 Å². The number of sulfone groups is 1. The van der Waals surface area contributed by atoms with Crippen molar-refractivity contribution in [1.29, 1.82) is 0 Å². The van der Waals surface area contributed by atoms with Crippen molar-refractivity contribution < 1.29 is 27.8 Å². The van der Waals surface area contributed by atoms with Crippen LogP contribution in [0.5, 0.6) is 5.75 Å². The van der Waals surface area contributed by atoms with Crippen LogP contribution in [0.25, 0.3) is 0 Å². The van der Waals surface area contributed by atoms with Crippen molar-refractivity contribution in [2.45, 2.75) is 32.4 Å². The van der Waals surface area contributed by atoms with Gasteiger partial charge in [-0.3, -0.25) is 4.79 Å². The van der Waals surface area contributed by atoms with Crippen molar-refractivity contribution >= 4 is 15.8 Å². The predicted molar refractivity (Wildman–Crippen MR) is 90.6 cm³/mol. The van der Waals surface area contributed by atoms with Crippen LogP contribution in [0, 0.1) is 0 Å². The van der Waals surface area contributed by atoms with Gasteiger partial charge in [0.15, 0.2) is 15.8 Å². The third kappa shape index (κ3) is 9.49. The maximum absolute atomic E-state index is 11.5. The van der Waals surface area contributed by atoms with Gasteiger partial charge in [0.1, 0.15) is 18.5 Å². The summed E-state index contributed by atoms with van der Waals surface area (Å²) in [5, 5.41) is 12.9. The summed E-state index contributed by atoms with van der Waals surface area (Å²) in [6, 6.07) is 7.04. The molecule has 0 aliphatic heterocycles. The average molecular weight is 359 g/mol. The number of esters is 1. The van der Waals surface area contributed by atoms with Gasteiger partial charge in [-0.2, -0.15) is 0 Å². The monoisotopic (exact) mass is 359 g/mol. The number of hydrogen-bond acceptors (Lipinski definition) is 7. The lowest BCUT2D eigenvalue weighted by Gasteiger charge is -2.15. The molecular formula is C16H25NO6S. The Balaban J connectivity index is 2.38. The molecule has 0 aromatic heterocycles. The molecule has 1 rings (SSSR count). The van der Waals surface area contributed by atoms with Crippen LogP contribution < -0.4 is 10.1 Å². The second-order valence-electron chi connectivity index (χ2n) is 5.91. The second-order valence-corrected chi connectivity index (χ2v) is 8.00. The quantitative estimate of drug-likeness (QED) is 0.587. The molecule has 1 atom stereocenters. The van der Waals surface area contributed by atoms with Crippen LogP contribution in [-0.4, -0.2) is 57.0 Å². The van der Waals surface area contributed by atoms with Gasteiger partial charge in [-0.25, -0.2) is 8.42 Å². The molecule has 0 aliphatic rings. The molecule has 1 aromatic carbocycles. The summed E-state index contributed by atoms with van der Waals surface area (Å²) in [5.74, 6) is -0.647. The zero-order chi connectivity index (χ0) is 18.2. The Morgan fingerprint density at radius 1 is 1.25 bits per heavy atom. The maximum atomic E-state index is 11.5. The Morgan fingerprint density at radius 3 is 2.42 bits per heavy atom. The molecule has 0 fully saturated rings. The number of carbonyl (C=O) groups is 1. The number of hydrogen-bond donors (Lipinski definition) is 2. The third-order valence-corrected chi connectivity index (χ3v) is 3.46. The summed E-state index contributed by atoms with van der Waals surface area (Å²) in [5.41, 5.74) is 0.683. The van der Waals surface area contributed by atoms with Gasteiger partial charge in [0.2, 0.25) is 0 Å². The molecule has 2 N–H and O–H groups in total. The van der Waals surface area contributed by atoms with E-state index in [9.17, 15) is 18.3 Å². The largest absolute Gasteiger partial charge is 0.491 e. The van der Waals surface area contributed by atoms with Gasteiger partial charge in [0.05, 0.1) is 6.42 Å². The van der Waals surface area contributed by atoms with E-state index < -0.39 is 27.8 Å². The van der Waals surface area contributed by atoms with Crippen molar-refractivity contribution in [2.75, 3.05) is 25.3 Å². The van der Waals surface area contributed by atoms with Gasteiger partial charge >= 0.3 is 5.97 Å². The van der Waals surface area contributed by atoms with E-state index in [1.54, 1.807) is 24.3 Å². The highest BCUT2D eigenvalue weighted by Crippen LogP contribution is 2.13. The highest BCUT2D eigenvalue weighted by molar-refractivity contribution is 7.90. The molecule has 24 heavy (non-hydrogen) atoms. The van der Waals surface area contributed by atoms with Crippen molar-refractivity contribution in [3.8, 4) is 5.75 Å². The van der Waals surface area contributed by atoms with Gasteiger partial charge in [-0.15, -0.1) is 0 Å². The Kier molecular flexibility index (Phi) is 8.17. The Labute approximate surface area is 142 Å². The minimum Gasteiger partial charge on any atom is -0.491 e. The summed E-state index contributed by atoms with van der Waals surface area (Å²) in [6.07, 6.45) is 0.367. The molecule has 1 unspecified atom stereocenters. The standard InChI is InChI=1S/C16H25NO6S/c1-12(2)17-9-14(18)10-22-15-6-4-13(5-7-15)8-16(19)23-11-24(3,20)21/h4-7,12,14,17-18H,8-11H2,1-3H3. The van der Waals surface area contributed by atoms with Crippen LogP contribution in [0.4, 0.5) is 0 Å². The highest BCUT2D eigenvalue weighted by Gasteiger charge is 2.10. The number of aliphatic hydroxyl groups excluding tert-OH is 1. The first-order valence-electron chi connectivity index (χ1n) is 7.62. The molecule has 0 saturated heterocycles. The predicted octanol–water partition coefficient (Wildman–Crippen LogP) is 0.512. The lowest BCUT2D eigenvalue weighted by molar-refractivity contribution is -0.140. The number of ether oxygens (including phenoxy) is 2. The number of carbonyl (C=O) groups excluding carboxylic acids is 1. The molecular weight excluding hydrogens is 334 g/mol. The van der Waals surface area contributed by atoms with Crippen LogP contribution in [-0.2, 0) is 25.8 Å². The van der Waals surface area contributed by atoms with Crippen molar-refractivity contribution in [3.05, 3.63) is 29.8 Å². The fourth-order valence-electron chi connectivity index (χ4n) is 1.72. The van der Waals surface area contributed by atoms with Crippen molar-refractivity contribution in [1.82, 2.24) is 5.32 Å². The maximum Gasteiger partial charge on any atom is 0.311 e. The number of rotatable bonds is 10. The van der Waals surface area contributed by atoms with Crippen LogP contribution in [0.1, 0.15) is 19.4 Å². The van der Waals surface area contributed by atoms with E-state index in [2.05, 4.69) is 10.1 Å². The zero-order valence-electron chi connectivity index (χ0n) is 14.2. The molecule has 7 nitrogen and oxygen atoms in total. The summed E-state index contributed by atoms with van der Waals surface area (Å²) >= 11 is 0. The summed E-state index contributed by atoms with van der Waals surface area (Å²) < 4.78 is 32.0. The first-order chi connectivity index (χ1) is 11.2. The van der Waals surface area contributed by atoms with E-state index in [1.807, 2.05) is 13.8 Å². The molecule has 0 amide bonds. The zero-order valence-corrected chi connectivity index (χ0v) is 15.0. The van der Waals surface area contributed by atoms with Crippen LogP contribution >= 0.6 is 0 Å². The molecule has 0 radical (unpaired) electrons. The molecule has 0 bridgehead atoms. The topological polar surface area (TPSA) is 102 Å². The lowest BCUT2D eigenvalue weighted by Crippen LogP contribution is -2.35. The molecule has 0 aliphatic carbocycles. The summed E-state index contributed by atoms with van der Waals surface area (Å²) in [4.78, 5) is 11.5. The minimum absolute atomic E-state index is 0.0171. The molecule has 0 saturated carbocycles. The molecule has 1 aromatic rings. The number of aliphatic hydroxyl groups is 1. The van der Waals surface area contributed by atoms with Gasteiger partial charge in [0.25, 0.3) is 0 Å². The van der Waals surface area contributed by atoms with E-state index in [4.69, 9.17) is 4.74 Å². The van der Waals surface area contributed by atoms with Gasteiger partial charge in [-0.05, 0) is 17.7 Å². The van der Waals surface area contributed by atoms with Gasteiger partial charge in [0, 0.05) is 18.8 Å². The first kappa shape index (κ1) is 20.4. The second kappa shape index (κ2) is 9.61. The number of benzene rings is 1. The van der Waals surface area contributed by atoms with Gasteiger partial charge < -0.3 is 19.9 Å². The van der Waals surface area contributed by atoms with E-state index in [0.717, 1.165) is 6.26 Å². The Hall–Kier alpha value is -1.64.